The minimum Gasteiger partial charge on any atom is -0.616 e. The van der Waals surface area contributed by atoms with E-state index in [2.05, 4.69) is 18.8 Å². The Balaban J connectivity index is 1.80. The third-order valence-corrected chi connectivity index (χ3v) is 5.96. The van der Waals surface area contributed by atoms with Crippen LogP contribution in [0.2, 0.25) is 0 Å². The molecule has 1 aliphatic rings. The fourth-order valence-corrected chi connectivity index (χ4v) is 4.11. The van der Waals surface area contributed by atoms with Gasteiger partial charge in [-0.15, -0.1) is 0 Å². The van der Waals surface area contributed by atoms with Gasteiger partial charge in [-0.1, -0.05) is 31.1 Å². The lowest BCUT2D eigenvalue weighted by Gasteiger charge is -2.32. The van der Waals surface area contributed by atoms with Crippen LogP contribution in [0.1, 0.15) is 41.0 Å². The number of hydrogen-bond donors (Lipinski definition) is 2. The largest absolute Gasteiger partial charge is 0.616 e. The van der Waals surface area contributed by atoms with Crippen molar-refractivity contribution < 1.29 is 14.1 Å². The van der Waals surface area contributed by atoms with Gasteiger partial charge in [0, 0.05) is 33.3 Å². The molecule has 0 saturated heterocycles. The van der Waals surface area contributed by atoms with E-state index in [-0.39, 0.29) is 11.2 Å². The number of aromatic nitrogens is 1. The summed E-state index contributed by atoms with van der Waals surface area (Å²) < 4.78 is 17.0. The first-order valence-corrected chi connectivity index (χ1v) is 10.6. The predicted octanol–water partition coefficient (Wildman–Crippen LogP) is 3.38. The van der Waals surface area contributed by atoms with Crippen LogP contribution in [0.5, 0.6) is 5.75 Å². The van der Waals surface area contributed by atoms with E-state index in [0.717, 1.165) is 27.7 Å². The Morgan fingerprint density at radius 3 is 2.74 bits per heavy atom. The molecule has 5 nitrogen and oxygen atoms in total. The summed E-state index contributed by atoms with van der Waals surface area (Å²) in [5.41, 5.74) is 10.3. The Hall–Kier alpha value is -2.44. The van der Waals surface area contributed by atoms with Gasteiger partial charge in [-0.05, 0) is 35.9 Å². The van der Waals surface area contributed by atoms with E-state index in [1.54, 1.807) is 6.26 Å². The van der Waals surface area contributed by atoms with E-state index < -0.39 is 11.2 Å². The molecule has 0 spiro atoms. The van der Waals surface area contributed by atoms with Gasteiger partial charge in [-0.2, -0.15) is 0 Å². The molecule has 1 aromatic heterocycles. The Labute approximate surface area is 161 Å². The first kappa shape index (κ1) is 17.9. The zero-order chi connectivity index (χ0) is 19.3. The molecule has 0 radical (unpaired) electrons. The third kappa shape index (κ3) is 2.89. The smallest absolute Gasteiger partial charge is 0.195 e. The number of ether oxygens (including phenoxy) is 1. The molecule has 27 heavy (non-hydrogen) atoms. The van der Waals surface area contributed by atoms with Gasteiger partial charge in [-0.25, -0.2) is 0 Å². The van der Waals surface area contributed by atoms with Crippen LogP contribution in [-0.4, -0.2) is 33.9 Å². The summed E-state index contributed by atoms with van der Waals surface area (Å²) in [5, 5.41) is 0.897. The van der Waals surface area contributed by atoms with E-state index in [9.17, 15) is 9.35 Å². The number of anilines is 1. The molecule has 4 rings (SSSR count). The van der Waals surface area contributed by atoms with Crippen molar-refractivity contribution in [3.63, 3.8) is 0 Å². The van der Waals surface area contributed by atoms with E-state index in [1.165, 1.54) is 0 Å². The number of nitrogens with one attached hydrogen (secondary N) is 1. The number of nitrogen functional groups attached to an aromatic ring is 1. The summed E-state index contributed by atoms with van der Waals surface area (Å²) in [6, 6.07) is 11.2. The minimum absolute atomic E-state index is 0.0107. The highest BCUT2D eigenvalue weighted by Crippen LogP contribution is 2.44. The lowest BCUT2D eigenvalue weighted by atomic mass is 9.71. The van der Waals surface area contributed by atoms with Crippen molar-refractivity contribution >= 4 is 33.5 Å². The van der Waals surface area contributed by atoms with Gasteiger partial charge < -0.3 is 20.0 Å². The summed E-state index contributed by atoms with van der Waals surface area (Å²) in [4.78, 5) is 16.7. The molecule has 140 valence electrons. The van der Waals surface area contributed by atoms with Crippen molar-refractivity contribution in [2.45, 2.75) is 19.3 Å². The van der Waals surface area contributed by atoms with Crippen molar-refractivity contribution in [1.82, 2.24) is 4.98 Å². The molecule has 1 unspecified atom stereocenters. The zero-order valence-electron chi connectivity index (χ0n) is 15.6. The maximum atomic E-state index is 13.2. The number of fused-ring (bicyclic) bond motifs is 4. The molecule has 6 heteroatoms. The molecule has 1 atom stereocenters. The monoisotopic (exact) mass is 382 g/mol. The number of benzene rings is 2. The molecule has 0 saturated carbocycles. The Bertz CT molecular complexity index is 1050. The molecule has 0 bridgehead atoms. The second-order valence-corrected chi connectivity index (χ2v) is 9.02. The Kier molecular flexibility index (Phi) is 4.20. The molecule has 0 aliphatic heterocycles. The van der Waals surface area contributed by atoms with Gasteiger partial charge >= 0.3 is 0 Å². The Morgan fingerprint density at radius 2 is 2.00 bits per heavy atom. The maximum absolute atomic E-state index is 13.2. The molecule has 0 amide bonds. The van der Waals surface area contributed by atoms with Gasteiger partial charge in [0.1, 0.15) is 18.1 Å². The number of hydrogen-bond acceptors (Lipinski definition) is 4. The molecule has 3 N–H and O–H groups in total. The summed E-state index contributed by atoms with van der Waals surface area (Å²) in [7, 11) is 0. The second-order valence-electron chi connectivity index (χ2n) is 7.47. The van der Waals surface area contributed by atoms with E-state index >= 15 is 0 Å². The van der Waals surface area contributed by atoms with Crippen LogP contribution in [0.4, 0.5) is 5.69 Å². The molecule has 3 aromatic rings. The molecular formula is C21H22N2O3S. The number of carbonyl (C=O) groups is 1. The summed E-state index contributed by atoms with van der Waals surface area (Å²) >= 11 is -0.897. The van der Waals surface area contributed by atoms with Crippen LogP contribution in [-0.2, 0) is 16.6 Å². The predicted molar refractivity (Wildman–Crippen MR) is 109 cm³/mol. The van der Waals surface area contributed by atoms with Gasteiger partial charge in [0.15, 0.2) is 5.78 Å². The van der Waals surface area contributed by atoms with Crippen LogP contribution < -0.4 is 10.5 Å². The van der Waals surface area contributed by atoms with Crippen LogP contribution in [0.3, 0.4) is 0 Å². The summed E-state index contributed by atoms with van der Waals surface area (Å²) in [6.45, 7) is 4.58. The molecule has 2 aromatic carbocycles. The van der Waals surface area contributed by atoms with Crippen molar-refractivity contribution in [2.75, 3.05) is 24.3 Å². The highest BCUT2D eigenvalue weighted by atomic mass is 32.2. The SMILES string of the molecule is C[S+]([O-])CCOc1ccc2c(c1)C(C)(C)c1[nH]c3cc(N)ccc3c1C2=O. The first-order chi connectivity index (χ1) is 12.8. The van der Waals surface area contributed by atoms with Crippen LogP contribution in [0.25, 0.3) is 10.9 Å². The van der Waals surface area contributed by atoms with Gasteiger partial charge in [0.2, 0.25) is 0 Å². The fraction of sp³-hybridized carbons (Fsp3) is 0.286. The summed E-state index contributed by atoms with van der Waals surface area (Å²) in [5.74, 6) is 1.17. The quantitative estimate of drug-likeness (QED) is 0.534. The fourth-order valence-electron chi connectivity index (χ4n) is 3.79. The van der Waals surface area contributed by atoms with E-state index in [4.69, 9.17) is 10.5 Å². The van der Waals surface area contributed by atoms with Crippen LogP contribution in [0, 0.1) is 0 Å². The number of aromatic amines is 1. The van der Waals surface area contributed by atoms with E-state index in [0.29, 0.717) is 29.4 Å². The van der Waals surface area contributed by atoms with Gasteiger partial charge in [0.05, 0.1) is 11.8 Å². The van der Waals surface area contributed by atoms with Crippen molar-refractivity contribution in [3.8, 4) is 5.75 Å². The van der Waals surface area contributed by atoms with Crippen LogP contribution in [0.15, 0.2) is 36.4 Å². The number of ketones is 1. The van der Waals surface area contributed by atoms with Gasteiger partial charge in [0.25, 0.3) is 0 Å². The third-order valence-electron chi connectivity index (χ3n) is 5.22. The Morgan fingerprint density at radius 1 is 1.22 bits per heavy atom. The number of nitrogens with two attached hydrogens (primary N) is 1. The second kappa shape index (κ2) is 6.32. The minimum atomic E-state index is -0.897. The average molecular weight is 382 g/mol. The molecule has 1 aliphatic carbocycles. The maximum Gasteiger partial charge on any atom is 0.195 e. The van der Waals surface area contributed by atoms with Crippen molar-refractivity contribution in [3.05, 3.63) is 58.8 Å². The van der Waals surface area contributed by atoms with Crippen molar-refractivity contribution in [1.29, 1.82) is 0 Å². The van der Waals surface area contributed by atoms with Crippen molar-refractivity contribution in [2.24, 2.45) is 0 Å². The average Bonchev–Trinajstić information content (AvgIpc) is 2.99. The zero-order valence-corrected chi connectivity index (χ0v) is 16.4. The van der Waals surface area contributed by atoms with Gasteiger partial charge in [-0.3, -0.25) is 4.79 Å². The number of H-pyrrole nitrogens is 1. The topological polar surface area (TPSA) is 91.2 Å². The molecular weight excluding hydrogens is 360 g/mol. The number of carbonyl (C=O) groups excluding carboxylic acids is 1. The highest BCUT2D eigenvalue weighted by molar-refractivity contribution is 7.90. The highest BCUT2D eigenvalue weighted by Gasteiger charge is 2.39. The standard InChI is InChI=1S/C21H22N2O3S/c1-21(2)16-11-13(26-8-9-27(3)25)5-7-14(16)19(24)18-15-6-4-12(22)10-17(15)23-20(18)21/h4-7,10-11,23H,8-9,22H2,1-3H3. The number of rotatable bonds is 4. The normalized spacial score (nSPS) is 16.1. The molecule has 0 fully saturated rings. The lowest BCUT2D eigenvalue weighted by molar-refractivity contribution is 0.103. The summed E-state index contributed by atoms with van der Waals surface area (Å²) in [6.07, 6.45) is 1.65. The first-order valence-electron chi connectivity index (χ1n) is 8.83. The van der Waals surface area contributed by atoms with Crippen LogP contribution >= 0.6 is 0 Å². The lowest BCUT2D eigenvalue weighted by Crippen LogP contribution is -2.30. The molecule has 1 heterocycles. The van der Waals surface area contributed by atoms with E-state index in [1.807, 2.05) is 36.4 Å².